The number of benzene rings is 2. The first kappa shape index (κ1) is 19.1. The number of ether oxygens (including phenoxy) is 2. The standard InChI is InChI=1S/C19H13N5O6S/c1-10(16-20-21-17(29-16)11-2-5-13(6-3-11)24(25)26)31-19-23-22-18(30-19)12-4-7-14-15(8-12)28-9-27-14/h2-8,10H,9H2,1H3/t10-/m1/s1. The SMILES string of the molecule is C[C@@H](Sc1nnc(-c2ccc3c(c2)OCO3)o1)c1nnc(-c2ccc([N+](=O)[O-])cc2)o1. The summed E-state index contributed by atoms with van der Waals surface area (Å²) in [5.74, 6) is 2.28. The number of nitrogens with zero attached hydrogens (tertiary/aromatic N) is 5. The van der Waals surface area contributed by atoms with E-state index in [1.165, 1.54) is 23.9 Å². The number of nitro benzene ring substituents is 1. The molecule has 2 aromatic heterocycles. The van der Waals surface area contributed by atoms with Gasteiger partial charge in [-0.1, -0.05) is 11.8 Å². The molecule has 156 valence electrons. The molecule has 31 heavy (non-hydrogen) atoms. The van der Waals surface area contributed by atoms with Crippen LogP contribution in [0.1, 0.15) is 18.1 Å². The average Bonchev–Trinajstić information content (AvgIpc) is 3.53. The fourth-order valence-electron chi connectivity index (χ4n) is 2.85. The third-order valence-electron chi connectivity index (χ3n) is 4.42. The van der Waals surface area contributed by atoms with Crippen LogP contribution in [0.15, 0.2) is 56.5 Å². The second kappa shape index (κ2) is 7.72. The molecule has 0 bridgehead atoms. The van der Waals surface area contributed by atoms with Crippen LogP contribution in [0.4, 0.5) is 5.69 Å². The molecule has 0 saturated heterocycles. The van der Waals surface area contributed by atoms with Crippen LogP contribution in [0.2, 0.25) is 0 Å². The van der Waals surface area contributed by atoms with Crippen molar-refractivity contribution in [2.45, 2.75) is 17.4 Å². The van der Waals surface area contributed by atoms with Crippen molar-refractivity contribution in [3.63, 3.8) is 0 Å². The number of aromatic nitrogens is 4. The van der Waals surface area contributed by atoms with Crippen molar-refractivity contribution >= 4 is 17.4 Å². The lowest BCUT2D eigenvalue weighted by atomic mass is 10.2. The number of hydrogen-bond acceptors (Lipinski definition) is 11. The molecule has 12 heteroatoms. The summed E-state index contributed by atoms with van der Waals surface area (Å²) in [6.07, 6.45) is 0. The second-order valence-corrected chi connectivity index (χ2v) is 7.74. The molecule has 4 aromatic rings. The van der Waals surface area contributed by atoms with Crippen LogP contribution in [0.25, 0.3) is 22.9 Å². The van der Waals surface area contributed by atoms with E-state index in [4.69, 9.17) is 18.3 Å². The van der Waals surface area contributed by atoms with Crippen molar-refractivity contribution < 1.29 is 23.2 Å². The molecule has 0 aliphatic carbocycles. The molecule has 0 saturated carbocycles. The number of non-ortho nitro benzene ring substituents is 1. The summed E-state index contributed by atoms with van der Waals surface area (Å²) in [5.41, 5.74) is 1.29. The summed E-state index contributed by atoms with van der Waals surface area (Å²) in [5, 5.41) is 27.1. The summed E-state index contributed by atoms with van der Waals surface area (Å²) >= 11 is 1.27. The lowest BCUT2D eigenvalue weighted by molar-refractivity contribution is -0.384. The van der Waals surface area contributed by atoms with Crippen LogP contribution >= 0.6 is 11.8 Å². The number of nitro groups is 1. The van der Waals surface area contributed by atoms with Crippen LogP contribution in [0.5, 0.6) is 11.5 Å². The molecular weight excluding hydrogens is 426 g/mol. The Morgan fingerprint density at radius 3 is 2.45 bits per heavy atom. The third kappa shape index (κ3) is 3.80. The predicted octanol–water partition coefficient (Wildman–Crippen LogP) is 4.28. The van der Waals surface area contributed by atoms with Gasteiger partial charge in [0.25, 0.3) is 10.9 Å². The number of fused-ring (bicyclic) bond motifs is 1. The lowest BCUT2D eigenvalue weighted by Gasteiger charge is -2.02. The molecule has 2 aromatic carbocycles. The Labute approximate surface area is 178 Å². The molecule has 0 amide bonds. The van der Waals surface area contributed by atoms with Crippen LogP contribution < -0.4 is 9.47 Å². The van der Waals surface area contributed by atoms with Crippen molar-refractivity contribution in [2.24, 2.45) is 0 Å². The zero-order valence-electron chi connectivity index (χ0n) is 15.9. The minimum absolute atomic E-state index is 0.0120. The zero-order valence-corrected chi connectivity index (χ0v) is 16.7. The Morgan fingerprint density at radius 1 is 0.935 bits per heavy atom. The van der Waals surface area contributed by atoms with E-state index in [-0.39, 0.29) is 23.6 Å². The van der Waals surface area contributed by atoms with Gasteiger partial charge in [0.05, 0.1) is 10.2 Å². The van der Waals surface area contributed by atoms with Gasteiger partial charge in [-0.05, 0) is 37.3 Å². The smallest absolute Gasteiger partial charge is 0.277 e. The zero-order chi connectivity index (χ0) is 21.4. The maximum Gasteiger partial charge on any atom is 0.277 e. The van der Waals surface area contributed by atoms with E-state index < -0.39 is 4.92 Å². The van der Waals surface area contributed by atoms with Crippen LogP contribution in [-0.4, -0.2) is 32.1 Å². The van der Waals surface area contributed by atoms with Crippen molar-refractivity contribution in [1.29, 1.82) is 0 Å². The molecule has 0 spiro atoms. The van der Waals surface area contributed by atoms with Gasteiger partial charge in [-0.3, -0.25) is 10.1 Å². The summed E-state index contributed by atoms with van der Waals surface area (Å²) < 4.78 is 22.1. The Bertz CT molecular complexity index is 1250. The largest absolute Gasteiger partial charge is 0.454 e. The van der Waals surface area contributed by atoms with Gasteiger partial charge in [-0.2, -0.15) is 0 Å². The first-order chi connectivity index (χ1) is 15.1. The molecule has 0 fully saturated rings. The summed E-state index contributed by atoms with van der Waals surface area (Å²) in [6.45, 7) is 2.05. The lowest BCUT2D eigenvalue weighted by Crippen LogP contribution is -1.92. The van der Waals surface area contributed by atoms with Crippen molar-refractivity contribution in [3.05, 3.63) is 58.5 Å². The van der Waals surface area contributed by atoms with Crippen LogP contribution in [0.3, 0.4) is 0 Å². The van der Waals surface area contributed by atoms with E-state index in [0.29, 0.717) is 34.1 Å². The molecule has 1 aliphatic heterocycles. The highest BCUT2D eigenvalue weighted by Gasteiger charge is 2.21. The van der Waals surface area contributed by atoms with Gasteiger partial charge < -0.3 is 18.3 Å². The summed E-state index contributed by atoms with van der Waals surface area (Å²) in [4.78, 5) is 10.3. The topological polar surface area (TPSA) is 139 Å². The maximum absolute atomic E-state index is 10.8. The fourth-order valence-corrected chi connectivity index (χ4v) is 3.56. The third-order valence-corrected chi connectivity index (χ3v) is 5.34. The van der Waals surface area contributed by atoms with Gasteiger partial charge >= 0.3 is 0 Å². The average molecular weight is 439 g/mol. The van der Waals surface area contributed by atoms with Crippen LogP contribution in [0, 0.1) is 10.1 Å². The molecule has 0 N–H and O–H groups in total. The van der Waals surface area contributed by atoms with Crippen molar-refractivity contribution in [3.8, 4) is 34.4 Å². The molecule has 1 atom stereocenters. The molecule has 5 rings (SSSR count). The van der Waals surface area contributed by atoms with Gasteiger partial charge in [0.1, 0.15) is 0 Å². The Morgan fingerprint density at radius 2 is 1.65 bits per heavy atom. The fraction of sp³-hybridized carbons (Fsp3) is 0.158. The summed E-state index contributed by atoms with van der Waals surface area (Å²) in [6, 6.07) is 11.3. The quantitative estimate of drug-likeness (QED) is 0.241. The van der Waals surface area contributed by atoms with E-state index in [9.17, 15) is 10.1 Å². The molecule has 11 nitrogen and oxygen atoms in total. The van der Waals surface area contributed by atoms with Crippen LogP contribution in [-0.2, 0) is 0 Å². The first-order valence-corrected chi connectivity index (χ1v) is 9.93. The second-order valence-electron chi connectivity index (χ2n) is 6.45. The number of rotatable bonds is 6. The van der Waals surface area contributed by atoms with Gasteiger partial charge in [0.15, 0.2) is 11.5 Å². The summed E-state index contributed by atoms with van der Waals surface area (Å²) in [7, 11) is 0. The number of thioether (sulfide) groups is 1. The molecule has 0 unspecified atom stereocenters. The van der Waals surface area contributed by atoms with E-state index in [2.05, 4.69) is 20.4 Å². The van der Waals surface area contributed by atoms with Gasteiger partial charge in [0.2, 0.25) is 24.5 Å². The highest BCUT2D eigenvalue weighted by Crippen LogP contribution is 2.38. The van der Waals surface area contributed by atoms with E-state index in [1.54, 1.807) is 24.3 Å². The predicted molar refractivity (Wildman–Crippen MR) is 107 cm³/mol. The molecule has 3 heterocycles. The number of hydrogen-bond donors (Lipinski definition) is 0. The highest BCUT2D eigenvalue weighted by atomic mass is 32.2. The van der Waals surface area contributed by atoms with Gasteiger partial charge in [-0.25, -0.2) is 0 Å². The van der Waals surface area contributed by atoms with E-state index >= 15 is 0 Å². The highest BCUT2D eigenvalue weighted by molar-refractivity contribution is 7.99. The Balaban J connectivity index is 1.29. The normalized spacial score (nSPS) is 13.3. The minimum Gasteiger partial charge on any atom is -0.454 e. The molecule has 1 aliphatic rings. The van der Waals surface area contributed by atoms with Crippen molar-refractivity contribution in [2.75, 3.05) is 6.79 Å². The van der Waals surface area contributed by atoms with Gasteiger partial charge in [0, 0.05) is 23.3 Å². The first-order valence-electron chi connectivity index (χ1n) is 9.05. The Hall–Kier alpha value is -3.93. The van der Waals surface area contributed by atoms with Gasteiger partial charge in [-0.15, -0.1) is 20.4 Å². The minimum atomic E-state index is -0.468. The maximum atomic E-state index is 10.8. The monoisotopic (exact) mass is 439 g/mol. The van der Waals surface area contributed by atoms with Crippen molar-refractivity contribution in [1.82, 2.24) is 20.4 Å². The molecule has 0 radical (unpaired) electrons. The molecular formula is C19H13N5O6S. The van der Waals surface area contributed by atoms with E-state index in [0.717, 1.165) is 5.56 Å². The Kier molecular flexibility index (Phi) is 4.75. The van der Waals surface area contributed by atoms with E-state index in [1.807, 2.05) is 13.0 Å².